The molecule has 0 unspecified atom stereocenters. The fourth-order valence-corrected chi connectivity index (χ4v) is 1.11. The molecule has 0 bridgehead atoms. The molecule has 0 atom stereocenters. The van der Waals surface area contributed by atoms with Gasteiger partial charge in [-0.3, -0.25) is 4.79 Å². The van der Waals surface area contributed by atoms with E-state index in [9.17, 15) is 4.79 Å². The molecular formula is C13H19NO. The number of rotatable bonds is 4. The topological polar surface area (TPSA) is 20.3 Å². The molecule has 0 aromatic rings. The summed E-state index contributed by atoms with van der Waals surface area (Å²) < 4.78 is 0. The van der Waals surface area contributed by atoms with E-state index in [1.54, 1.807) is 24.9 Å². The van der Waals surface area contributed by atoms with Crippen LogP contribution in [0.15, 0.2) is 48.2 Å². The van der Waals surface area contributed by atoms with Crippen LogP contribution in [0.3, 0.4) is 0 Å². The average molecular weight is 205 g/mol. The molecule has 0 aliphatic carbocycles. The van der Waals surface area contributed by atoms with Crippen LogP contribution in [0, 0.1) is 0 Å². The van der Waals surface area contributed by atoms with E-state index in [-0.39, 0.29) is 5.91 Å². The monoisotopic (exact) mass is 205 g/mol. The zero-order chi connectivity index (χ0) is 11.8. The Hall–Kier alpha value is -1.57. The molecule has 82 valence electrons. The maximum atomic E-state index is 11.2. The summed E-state index contributed by atoms with van der Waals surface area (Å²) in [5, 5.41) is 0. The first-order chi connectivity index (χ1) is 7.04. The molecule has 0 fully saturated rings. The third-order valence-corrected chi connectivity index (χ3v) is 2.05. The third-order valence-electron chi connectivity index (χ3n) is 2.05. The predicted octanol–water partition coefficient (Wildman–Crippen LogP) is 3.06. The van der Waals surface area contributed by atoms with E-state index in [0.717, 1.165) is 11.3 Å². The minimum atomic E-state index is 0.0105. The van der Waals surface area contributed by atoms with Crippen molar-refractivity contribution in [1.82, 2.24) is 4.90 Å². The lowest BCUT2D eigenvalue weighted by Crippen LogP contribution is -2.23. The van der Waals surface area contributed by atoms with Gasteiger partial charge in [0.05, 0.1) is 0 Å². The Labute approximate surface area is 92.3 Å². The first-order valence-corrected chi connectivity index (χ1v) is 4.91. The fraction of sp³-hybridized carbons (Fsp3) is 0.308. The summed E-state index contributed by atoms with van der Waals surface area (Å²) in [4.78, 5) is 12.9. The maximum absolute atomic E-state index is 11.2. The second-order valence-electron chi connectivity index (χ2n) is 3.24. The minimum absolute atomic E-state index is 0.0105. The molecule has 0 aliphatic rings. The van der Waals surface area contributed by atoms with Crippen molar-refractivity contribution in [3.05, 3.63) is 48.2 Å². The molecule has 0 aliphatic heterocycles. The van der Waals surface area contributed by atoms with Crippen molar-refractivity contribution in [2.24, 2.45) is 0 Å². The number of allylic oxidation sites excluding steroid dienone is 6. The van der Waals surface area contributed by atoms with Gasteiger partial charge in [-0.25, -0.2) is 0 Å². The van der Waals surface area contributed by atoms with Crippen LogP contribution in [0.5, 0.6) is 0 Å². The van der Waals surface area contributed by atoms with E-state index in [0.29, 0.717) is 0 Å². The van der Waals surface area contributed by atoms with Crippen LogP contribution in [-0.2, 0) is 4.79 Å². The van der Waals surface area contributed by atoms with Crippen molar-refractivity contribution in [1.29, 1.82) is 0 Å². The molecule has 0 heterocycles. The molecule has 1 amide bonds. The fourth-order valence-electron chi connectivity index (χ4n) is 1.11. The van der Waals surface area contributed by atoms with Crippen molar-refractivity contribution >= 4 is 5.91 Å². The molecule has 0 aromatic heterocycles. The van der Waals surface area contributed by atoms with E-state index < -0.39 is 0 Å². The van der Waals surface area contributed by atoms with Crippen LogP contribution in [0.1, 0.15) is 20.8 Å². The van der Waals surface area contributed by atoms with Gasteiger partial charge in [0.2, 0.25) is 5.91 Å². The van der Waals surface area contributed by atoms with Gasteiger partial charge in [-0.2, -0.15) is 0 Å². The molecule has 15 heavy (non-hydrogen) atoms. The van der Waals surface area contributed by atoms with Crippen molar-refractivity contribution < 1.29 is 4.79 Å². The Morgan fingerprint density at radius 1 is 1.27 bits per heavy atom. The first-order valence-electron chi connectivity index (χ1n) is 4.91. The summed E-state index contributed by atoms with van der Waals surface area (Å²) >= 11 is 0. The Balaban J connectivity index is 5.07. The summed E-state index contributed by atoms with van der Waals surface area (Å²) in [5.41, 5.74) is 1.90. The lowest BCUT2D eigenvalue weighted by molar-refractivity contribution is -0.125. The molecular weight excluding hydrogens is 186 g/mol. The smallest absolute Gasteiger partial charge is 0.223 e. The zero-order valence-electron chi connectivity index (χ0n) is 9.95. The van der Waals surface area contributed by atoms with E-state index in [4.69, 9.17) is 0 Å². The van der Waals surface area contributed by atoms with E-state index in [1.807, 2.05) is 38.2 Å². The van der Waals surface area contributed by atoms with Crippen LogP contribution in [0.25, 0.3) is 0 Å². The minimum Gasteiger partial charge on any atom is -0.315 e. The van der Waals surface area contributed by atoms with Gasteiger partial charge in [-0.15, -0.1) is 0 Å². The molecule has 0 N–H and O–H groups in total. The van der Waals surface area contributed by atoms with Crippen molar-refractivity contribution in [3.63, 3.8) is 0 Å². The van der Waals surface area contributed by atoms with Crippen LogP contribution < -0.4 is 0 Å². The van der Waals surface area contributed by atoms with E-state index in [2.05, 4.69) is 6.58 Å². The summed E-state index contributed by atoms with van der Waals surface area (Å²) in [5.74, 6) is 0.0105. The molecule has 0 saturated carbocycles. The Morgan fingerprint density at radius 3 is 2.27 bits per heavy atom. The lowest BCUT2D eigenvalue weighted by atomic mass is 10.1. The molecule has 0 saturated heterocycles. The van der Waals surface area contributed by atoms with Crippen molar-refractivity contribution in [2.75, 3.05) is 7.05 Å². The number of nitrogens with zero attached hydrogens (tertiary/aromatic N) is 1. The van der Waals surface area contributed by atoms with Gasteiger partial charge in [-0.1, -0.05) is 30.9 Å². The highest BCUT2D eigenvalue weighted by atomic mass is 16.2. The molecule has 0 spiro atoms. The van der Waals surface area contributed by atoms with Crippen molar-refractivity contribution in [2.45, 2.75) is 20.8 Å². The number of amides is 1. The van der Waals surface area contributed by atoms with Crippen LogP contribution >= 0.6 is 0 Å². The van der Waals surface area contributed by atoms with Gasteiger partial charge >= 0.3 is 0 Å². The second kappa shape index (κ2) is 6.82. The number of likely N-dealkylation sites (N-methyl/N-ethyl adjacent to an activating group) is 1. The highest BCUT2D eigenvalue weighted by Gasteiger charge is 2.08. The maximum Gasteiger partial charge on any atom is 0.223 e. The quantitative estimate of drug-likeness (QED) is 0.646. The van der Waals surface area contributed by atoms with Crippen molar-refractivity contribution in [3.8, 4) is 0 Å². The number of hydrogen-bond donors (Lipinski definition) is 0. The summed E-state index contributed by atoms with van der Waals surface area (Å²) in [6.07, 6.45) is 9.37. The van der Waals surface area contributed by atoms with Gasteiger partial charge in [-0.05, 0) is 25.5 Å². The SMILES string of the molecule is C=C\C=C(/C(C)=C\C=C/C)N(C)C(C)=O. The zero-order valence-corrected chi connectivity index (χ0v) is 9.95. The van der Waals surface area contributed by atoms with Gasteiger partial charge in [0.15, 0.2) is 0 Å². The number of hydrogen-bond acceptors (Lipinski definition) is 1. The largest absolute Gasteiger partial charge is 0.315 e. The van der Waals surface area contributed by atoms with Gasteiger partial charge < -0.3 is 4.90 Å². The highest BCUT2D eigenvalue weighted by Crippen LogP contribution is 2.13. The van der Waals surface area contributed by atoms with E-state index in [1.165, 1.54) is 0 Å². The number of carbonyl (C=O) groups is 1. The van der Waals surface area contributed by atoms with Crippen LogP contribution in [0.4, 0.5) is 0 Å². The summed E-state index contributed by atoms with van der Waals surface area (Å²) in [6, 6.07) is 0. The standard InChI is InChI=1S/C13H19NO/c1-6-8-10-11(3)13(9-7-2)14(5)12(4)15/h6-10H,2H2,1,3-5H3/b8-6-,11-10-,13-9+. The van der Waals surface area contributed by atoms with Crippen LogP contribution in [-0.4, -0.2) is 17.9 Å². The van der Waals surface area contributed by atoms with Gasteiger partial charge in [0.25, 0.3) is 0 Å². The molecule has 0 aromatic carbocycles. The second-order valence-corrected chi connectivity index (χ2v) is 3.24. The van der Waals surface area contributed by atoms with Gasteiger partial charge in [0, 0.05) is 19.7 Å². The molecule has 2 nitrogen and oxygen atoms in total. The molecule has 2 heteroatoms. The highest BCUT2D eigenvalue weighted by molar-refractivity contribution is 5.76. The van der Waals surface area contributed by atoms with Crippen LogP contribution in [0.2, 0.25) is 0 Å². The van der Waals surface area contributed by atoms with Gasteiger partial charge in [0.1, 0.15) is 0 Å². The summed E-state index contributed by atoms with van der Waals surface area (Å²) in [7, 11) is 1.75. The predicted molar refractivity (Wildman–Crippen MR) is 65.3 cm³/mol. The average Bonchev–Trinajstić information content (AvgIpc) is 2.21. The normalized spacial score (nSPS) is 13.1. The number of carbonyl (C=O) groups excluding carboxylic acids is 1. The molecule has 0 radical (unpaired) electrons. The Bertz CT molecular complexity index is 321. The lowest BCUT2D eigenvalue weighted by Gasteiger charge is -2.19. The molecule has 0 rings (SSSR count). The van der Waals surface area contributed by atoms with E-state index >= 15 is 0 Å². The first kappa shape index (κ1) is 13.4. The third kappa shape index (κ3) is 4.45. The Kier molecular flexibility index (Phi) is 6.11. The summed E-state index contributed by atoms with van der Waals surface area (Å²) in [6.45, 7) is 9.11. The Morgan fingerprint density at radius 2 is 1.87 bits per heavy atom.